The smallest absolute Gasteiger partial charge is 0.224 e. The van der Waals surface area contributed by atoms with E-state index in [4.69, 9.17) is 27.9 Å². The van der Waals surface area contributed by atoms with Crippen molar-refractivity contribution in [2.45, 2.75) is 6.92 Å². The fourth-order valence-corrected chi connectivity index (χ4v) is 1.67. The third-order valence-corrected chi connectivity index (χ3v) is 2.58. The van der Waals surface area contributed by atoms with Crippen molar-refractivity contribution < 1.29 is 4.74 Å². The Hall–Kier alpha value is -1.52. The molecule has 0 aliphatic carbocycles. The first-order chi connectivity index (χ1) is 8.69. The summed E-state index contributed by atoms with van der Waals surface area (Å²) in [7, 11) is 0. The Bertz CT molecular complexity index is 549. The topological polar surface area (TPSA) is 47.0 Å². The molecule has 1 heterocycles. The van der Waals surface area contributed by atoms with E-state index in [0.717, 1.165) is 11.4 Å². The van der Waals surface area contributed by atoms with Gasteiger partial charge in [0.1, 0.15) is 10.8 Å². The number of nitrogens with one attached hydrogen (secondary N) is 1. The number of benzene rings is 1. The van der Waals surface area contributed by atoms with E-state index >= 15 is 0 Å². The molecule has 0 radical (unpaired) electrons. The summed E-state index contributed by atoms with van der Waals surface area (Å²) in [5, 5.41) is 3.61. The number of rotatable bonds is 4. The first-order valence-corrected chi connectivity index (χ1v) is 6.12. The highest BCUT2D eigenvalue weighted by molar-refractivity contribution is 6.33. The average Bonchev–Trinajstić information content (AvgIpc) is 2.35. The van der Waals surface area contributed by atoms with Crippen molar-refractivity contribution in [3.05, 3.63) is 40.8 Å². The molecular formula is C12H11Cl2N3O. The Kier molecular flexibility index (Phi) is 4.23. The van der Waals surface area contributed by atoms with Gasteiger partial charge < -0.3 is 10.1 Å². The van der Waals surface area contributed by atoms with Gasteiger partial charge in [0.25, 0.3) is 0 Å². The molecular weight excluding hydrogens is 273 g/mol. The number of hydrogen-bond acceptors (Lipinski definition) is 4. The highest BCUT2D eigenvalue weighted by atomic mass is 35.5. The van der Waals surface area contributed by atoms with Gasteiger partial charge in [0.2, 0.25) is 5.28 Å². The number of nitrogens with zero attached hydrogens (tertiary/aromatic N) is 2. The highest BCUT2D eigenvalue weighted by Crippen LogP contribution is 2.25. The third-order valence-electron chi connectivity index (χ3n) is 2.12. The Balaban J connectivity index is 2.22. The molecule has 0 saturated heterocycles. The van der Waals surface area contributed by atoms with E-state index in [1.165, 1.54) is 6.20 Å². The fraction of sp³-hybridized carbons (Fsp3) is 0.167. The maximum absolute atomic E-state index is 5.97. The van der Waals surface area contributed by atoms with E-state index < -0.39 is 0 Å². The van der Waals surface area contributed by atoms with Gasteiger partial charge in [-0.2, -0.15) is 4.98 Å². The lowest BCUT2D eigenvalue weighted by Crippen LogP contribution is -1.97. The second-order valence-corrected chi connectivity index (χ2v) is 4.17. The second-order valence-electron chi connectivity index (χ2n) is 3.42. The van der Waals surface area contributed by atoms with Gasteiger partial charge in [-0.1, -0.05) is 17.7 Å². The van der Waals surface area contributed by atoms with Crippen LogP contribution in [0.2, 0.25) is 10.3 Å². The van der Waals surface area contributed by atoms with Crippen LogP contribution in [0, 0.1) is 0 Å². The third kappa shape index (κ3) is 3.24. The Morgan fingerprint density at radius 3 is 2.94 bits per heavy atom. The fourth-order valence-electron chi connectivity index (χ4n) is 1.40. The largest absolute Gasteiger partial charge is 0.494 e. The number of anilines is 2. The molecule has 0 saturated carbocycles. The lowest BCUT2D eigenvalue weighted by Gasteiger charge is -2.09. The van der Waals surface area contributed by atoms with E-state index in [9.17, 15) is 0 Å². The van der Waals surface area contributed by atoms with Gasteiger partial charge in [-0.25, -0.2) is 4.98 Å². The van der Waals surface area contributed by atoms with Crippen molar-refractivity contribution in [2.75, 3.05) is 11.9 Å². The van der Waals surface area contributed by atoms with Crippen molar-refractivity contribution in [1.29, 1.82) is 0 Å². The number of aromatic nitrogens is 2. The summed E-state index contributed by atoms with van der Waals surface area (Å²) in [4.78, 5) is 7.80. The molecule has 0 spiro atoms. The van der Waals surface area contributed by atoms with E-state index in [1.807, 2.05) is 31.2 Å². The van der Waals surface area contributed by atoms with Crippen LogP contribution in [0.5, 0.6) is 5.75 Å². The summed E-state index contributed by atoms with van der Waals surface area (Å²) in [5.74, 6) is 1.24. The summed E-state index contributed by atoms with van der Waals surface area (Å²) in [6.07, 6.45) is 1.45. The minimum atomic E-state index is 0.142. The molecule has 94 valence electrons. The van der Waals surface area contributed by atoms with Gasteiger partial charge in [0.15, 0.2) is 5.82 Å². The Morgan fingerprint density at radius 1 is 1.33 bits per heavy atom. The molecule has 4 nitrogen and oxygen atoms in total. The molecule has 0 fully saturated rings. The zero-order valence-corrected chi connectivity index (χ0v) is 11.2. The van der Waals surface area contributed by atoms with Crippen LogP contribution in [0.4, 0.5) is 11.5 Å². The molecule has 2 rings (SSSR count). The molecule has 1 N–H and O–H groups in total. The minimum Gasteiger partial charge on any atom is -0.494 e. The van der Waals surface area contributed by atoms with E-state index in [-0.39, 0.29) is 5.28 Å². The van der Waals surface area contributed by atoms with Crippen LogP contribution in [0.25, 0.3) is 0 Å². The van der Waals surface area contributed by atoms with Crippen molar-refractivity contribution in [2.24, 2.45) is 0 Å². The normalized spacial score (nSPS) is 10.2. The summed E-state index contributed by atoms with van der Waals surface area (Å²) in [6, 6.07) is 7.50. The van der Waals surface area contributed by atoms with E-state index in [0.29, 0.717) is 17.4 Å². The predicted molar refractivity (Wildman–Crippen MR) is 72.9 cm³/mol. The summed E-state index contributed by atoms with van der Waals surface area (Å²) < 4.78 is 5.41. The van der Waals surface area contributed by atoms with Crippen LogP contribution in [-0.4, -0.2) is 16.6 Å². The highest BCUT2D eigenvalue weighted by Gasteiger charge is 2.05. The standard InChI is InChI=1S/C12H11Cl2N3O/c1-2-18-9-5-3-4-8(6-9)16-11-10(13)7-15-12(14)17-11/h3-7H,2H2,1H3,(H,15,16,17). The maximum Gasteiger partial charge on any atom is 0.224 e. The van der Waals surface area contributed by atoms with Crippen LogP contribution in [0.15, 0.2) is 30.5 Å². The Labute approximate surface area is 115 Å². The van der Waals surface area contributed by atoms with Gasteiger partial charge in [0.05, 0.1) is 12.8 Å². The van der Waals surface area contributed by atoms with Gasteiger partial charge in [0, 0.05) is 11.8 Å². The number of halogens is 2. The summed E-state index contributed by atoms with van der Waals surface area (Å²) >= 11 is 11.7. The zero-order valence-electron chi connectivity index (χ0n) is 9.65. The van der Waals surface area contributed by atoms with Gasteiger partial charge in [-0.05, 0) is 30.7 Å². The van der Waals surface area contributed by atoms with Crippen molar-refractivity contribution in [1.82, 2.24) is 9.97 Å². The van der Waals surface area contributed by atoms with Crippen LogP contribution in [-0.2, 0) is 0 Å². The van der Waals surface area contributed by atoms with Crippen LogP contribution >= 0.6 is 23.2 Å². The molecule has 18 heavy (non-hydrogen) atoms. The number of hydrogen-bond donors (Lipinski definition) is 1. The minimum absolute atomic E-state index is 0.142. The summed E-state index contributed by atoms with van der Waals surface area (Å²) in [5.41, 5.74) is 0.817. The molecule has 0 aliphatic rings. The second kappa shape index (κ2) is 5.89. The molecule has 0 unspecified atom stereocenters. The first kappa shape index (κ1) is 12.9. The lowest BCUT2D eigenvalue weighted by molar-refractivity contribution is 0.340. The van der Waals surface area contributed by atoms with Crippen LogP contribution in [0.3, 0.4) is 0 Å². The lowest BCUT2D eigenvalue weighted by atomic mass is 10.3. The molecule has 0 bridgehead atoms. The molecule has 6 heteroatoms. The SMILES string of the molecule is CCOc1cccc(Nc2nc(Cl)ncc2Cl)c1. The quantitative estimate of drug-likeness (QED) is 0.864. The maximum atomic E-state index is 5.97. The summed E-state index contributed by atoms with van der Waals surface area (Å²) in [6.45, 7) is 2.55. The molecule has 1 aromatic carbocycles. The van der Waals surface area contributed by atoms with Crippen molar-refractivity contribution in [3.63, 3.8) is 0 Å². The molecule has 0 atom stereocenters. The van der Waals surface area contributed by atoms with Crippen LogP contribution < -0.4 is 10.1 Å². The molecule has 0 aliphatic heterocycles. The van der Waals surface area contributed by atoms with E-state index in [1.54, 1.807) is 0 Å². The van der Waals surface area contributed by atoms with Gasteiger partial charge >= 0.3 is 0 Å². The average molecular weight is 284 g/mol. The molecule has 0 amide bonds. The van der Waals surface area contributed by atoms with E-state index in [2.05, 4.69) is 15.3 Å². The molecule has 2 aromatic rings. The monoisotopic (exact) mass is 283 g/mol. The van der Waals surface area contributed by atoms with Crippen molar-refractivity contribution >= 4 is 34.7 Å². The van der Waals surface area contributed by atoms with Crippen molar-refractivity contribution in [3.8, 4) is 5.75 Å². The molecule has 1 aromatic heterocycles. The number of ether oxygens (including phenoxy) is 1. The van der Waals surface area contributed by atoms with Crippen LogP contribution in [0.1, 0.15) is 6.92 Å². The van der Waals surface area contributed by atoms with Gasteiger partial charge in [-0.15, -0.1) is 0 Å². The predicted octanol–water partition coefficient (Wildman–Crippen LogP) is 3.93. The van der Waals surface area contributed by atoms with Gasteiger partial charge in [-0.3, -0.25) is 0 Å². The first-order valence-electron chi connectivity index (χ1n) is 5.37. The zero-order chi connectivity index (χ0) is 13.0. The Morgan fingerprint density at radius 2 is 2.17 bits per heavy atom.